The molecule has 210 valence electrons. The zero-order valence-corrected chi connectivity index (χ0v) is 22.3. The first-order chi connectivity index (χ1) is 19.9. The van der Waals surface area contributed by atoms with Crippen molar-refractivity contribution in [2.24, 2.45) is 0 Å². The zero-order chi connectivity index (χ0) is 28.3. The Morgan fingerprint density at radius 2 is 1.85 bits per heavy atom. The van der Waals surface area contributed by atoms with E-state index in [2.05, 4.69) is 42.7 Å². The number of carbonyl (C=O) groups excluding carboxylic acids is 1. The third-order valence-corrected chi connectivity index (χ3v) is 6.80. The summed E-state index contributed by atoms with van der Waals surface area (Å²) < 4.78 is 36.1. The lowest BCUT2D eigenvalue weighted by Crippen LogP contribution is -2.35. The summed E-state index contributed by atoms with van der Waals surface area (Å²) >= 11 is 0. The molecular weight excluding hydrogens is 530 g/mol. The van der Waals surface area contributed by atoms with Gasteiger partial charge in [-0.15, -0.1) is 0 Å². The molecule has 0 radical (unpaired) electrons. The third-order valence-electron chi connectivity index (χ3n) is 6.80. The number of aromatic nitrogens is 5. The van der Waals surface area contributed by atoms with Crippen molar-refractivity contribution in [1.82, 2.24) is 29.0 Å². The van der Waals surface area contributed by atoms with Crippen molar-refractivity contribution in [3.63, 3.8) is 0 Å². The number of benzene rings is 2. The molecule has 0 saturated carbocycles. The van der Waals surface area contributed by atoms with Gasteiger partial charge < -0.3 is 15.4 Å². The average molecular weight is 559 g/mol. The van der Waals surface area contributed by atoms with E-state index in [1.54, 1.807) is 18.6 Å². The number of morpholine rings is 1. The van der Waals surface area contributed by atoms with Crippen LogP contribution in [0.25, 0.3) is 16.9 Å². The number of aryl methyl sites for hydroxylation is 1. The molecule has 3 aromatic heterocycles. The molecule has 0 bridgehead atoms. The van der Waals surface area contributed by atoms with E-state index in [1.165, 1.54) is 22.4 Å². The lowest BCUT2D eigenvalue weighted by Gasteiger charge is -2.26. The highest BCUT2D eigenvalue weighted by Gasteiger charge is 2.16. The van der Waals surface area contributed by atoms with E-state index < -0.39 is 17.5 Å². The molecule has 2 N–H and O–H groups in total. The second-order valence-electron chi connectivity index (χ2n) is 9.85. The second-order valence-corrected chi connectivity index (χ2v) is 9.85. The first-order valence-electron chi connectivity index (χ1n) is 13.2. The topological polar surface area (TPSA) is 102 Å². The molecular formula is C29H28F2N8O2. The van der Waals surface area contributed by atoms with Crippen LogP contribution < -0.4 is 10.6 Å². The summed E-state index contributed by atoms with van der Waals surface area (Å²) in [5.41, 5.74) is 4.81. The van der Waals surface area contributed by atoms with Crippen LogP contribution in [0.5, 0.6) is 0 Å². The summed E-state index contributed by atoms with van der Waals surface area (Å²) in [6, 6.07) is 11.9. The van der Waals surface area contributed by atoms with Gasteiger partial charge in [-0.2, -0.15) is 5.10 Å². The van der Waals surface area contributed by atoms with E-state index in [1.807, 2.05) is 29.7 Å². The number of rotatable bonds is 8. The molecule has 10 nitrogen and oxygen atoms in total. The standard InChI is InChI=1S/C29H28F2N8O2/c1-19-15-39-25(21-13-33-38(17-21)18-26(40)36-24-4-2-3-23(30)27(24)31)14-32-29(39)28(34-19)35-22-7-5-20(6-8-22)16-37-9-11-41-12-10-37/h2-8,13-15,17H,9-12,16,18H2,1H3,(H,34,35)(H,36,40). The Morgan fingerprint density at radius 1 is 1.05 bits per heavy atom. The first-order valence-corrected chi connectivity index (χ1v) is 13.2. The predicted octanol–water partition coefficient (Wildman–Crippen LogP) is 4.39. The number of amides is 1. The minimum absolute atomic E-state index is 0.179. The van der Waals surface area contributed by atoms with Crippen LogP contribution in [0, 0.1) is 18.6 Å². The summed E-state index contributed by atoms with van der Waals surface area (Å²) in [6.45, 7) is 6.03. The smallest absolute Gasteiger partial charge is 0.246 e. The second kappa shape index (κ2) is 11.4. The van der Waals surface area contributed by atoms with E-state index >= 15 is 0 Å². The summed E-state index contributed by atoms with van der Waals surface area (Å²) in [5.74, 6) is -2.06. The Kier molecular flexibility index (Phi) is 7.40. The van der Waals surface area contributed by atoms with Gasteiger partial charge in [0, 0.05) is 43.3 Å². The molecule has 0 unspecified atom stereocenters. The summed E-state index contributed by atoms with van der Waals surface area (Å²) in [7, 11) is 0. The van der Waals surface area contributed by atoms with Crippen LogP contribution in [0.4, 0.5) is 26.0 Å². The molecule has 6 rings (SSSR count). The maximum atomic E-state index is 13.9. The largest absolute Gasteiger partial charge is 0.379 e. The van der Waals surface area contributed by atoms with Crippen molar-refractivity contribution >= 4 is 28.7 Å². The number of nitrogens with one attached hydrogen (secondary N) is 2. The van der Waals surface area contributed by atoms with Gasteiger partial charge in [0.25, 0.3) is 0 Å². The fourth-order valence-electron chi connectivity index (χ4n) is 4.77. The molecule has 1 saturated heterocycles. The molecule has 1 fully saturated rings. The van der Waals surface area contributed by atoms with Crippen molar-refractivity contribution < 1.29 is 18.3 Å². The van der Waals surface area contributed by atoms with E-state index in [0.29, 0.717) is 11.5 Å². The molecule has 5 aromatic rings. The Balaban J connectivity index is 1.17. The summed E-state index contributed by atoms with van der Waals surface area (Å²) in [5, 5.41) is 10.0. The Bertz CT molecular complexity index is 1690. The van der Waals surface area contributed by atoms with Crippen molar-refractivity contribution in [3.8, 4) is 11.3 Å². The minimum atomic E-state index is -1.11. The van der Waals surface area contributed by atoms with Gasteiger partial charge >= 0.3 is 0 Å². The monoisotopic (exact) mass is 558 g/mol. The minimum Gasteiger partial charge on any atom is -0.379 e. The lowest BCUT2D eigenvalue weighted by molar-refractivity contribution is -0.116. The zero-order valence-electron chi connectivity index (χ0n) is 22.3. The molecule has 0 atom stereocenters. The Morgan fingerprint density at radius 3 is 2.66 bits per heavy atom. The number of carbonyl (C=O) groups is 1. The first kappa shape index (κ1) is 26.5. The number of hydrogen-bond donors (Lipinski definition) is 2. The van der Waals surface area contributed by atoms with Gasteiger partial charge in [-0.05, 0) is 36.8 Å². The molecule has 0 aliphatic carbocycles. The van der Waals surface area contributed by atoms with Crippen LogP contribution in [0.15, 0.2) is 67.3 Å². The maximum absolute atomic E-state index is 13.9. The van der Waals surface area contributed by atoms with Crippen LogP contribution in [0.2, 0.25) is 0 Å². The number of ether oxygens (including phenoxy) is 1. The van der Waals surface area contributed by atoms with Gasteiger partial charge in [0.2, 0.25) is 5.91 Å². The van der Waals surface area contributed by atoms with E-state index in [4.69, 9.17) is 4.74 Å². The molecule has 1 aliphatic rings. The normalized spacial score (nSPS) is 13.9. The molecule has 12 heteroatoms. The van der Waals surface area contributed by atoms with Crippen molar-refractivity contribution in [3.05, 3.63) is 90.1 Å². The van der Waals surface area contributed by atoms with Gasteiger partial charge in [-0.3, -0.25) is 18.8 Å². The summed E-state index contributed by atoms with van der Waals surface area (Å²) in [4.78, 5) is 24.1. The van der Waals surface area contributed by atoms with Gasteiger partial charge in [-0.1, -0.05) is 18.2 Å². The van der Waals surface area contributed by atoms with Crippen LogP contribution in [0.3, 0.4) is 0 Å². The average Bonchev–Trinajstić information content (AvgIpc) is 3.60. The van der Waals surface area contributed by atoms with Crippen molar-refractivity contribution in [2.45, 2.75) is 20.0 Å². The number of fused-ring (bicyclic) bond motifs is 1. The van der Waals surface area contributed by atoms with Crippen LogP contribution >= 0.6 is 0 Å². The predicted molar refractivity (Wildman–Crippen MR) is 150 cm³/mol. The number of anilines is 3. The van der Waals surface area contributed by atoms with Gasteiger partial charge in [0.05, 0.1) is 42.7 Å². The maximum Gasteiger partial charge on any atom is 0.246 e. The van der Waals surface area contributed by atoms with Crippen molar-refractivity contribution in [1.29, 1.82) is 0 Å². The van der Waals surface area contributed by atoms with E-state index in [-0.39, 0.29) is 12.2 Å². The molecule has 1 aliphatic heterocycles. The van der Waals surface area contributed by atoms with Gasteiger partial charge in [-0.25, -0.2) is 18.7 Å². The summed E-state index contributed by atoms with van der Waals surface area (Å²) in [6.07, 6.45) is 6.91. The van der Waals surface area contributed by atoms with Crippen LogP contribution in [-0.2, 0) is 22.6 Å². The third kappa shape index (κ3) is 5.93. The van der Waals surface area contributed by atoms with Crippen molar-refractivity contribution in [2.75, 3.05) is 36.9 Å². The Hall–Kier alpha value is -4.68. The number of hydrogen-bond acceptors (Lipinski definition) is 7. The van der Waals surface area contributed by atoms with Crippen LogP contribution in [-0.4, -0.2) is 61.3 Å². The van der Waals surface area contributed by atoms with Gasteiger partial charge in [0.1, 0.15) is 6.54 Å². The highest BCUT2D eigenvalue weighted by molar-refractivity contribution is 5.90. The fraction of sp³-hybridized carbons (Fsp3) is 0.241. The highest BCUT2D eigenvalue weighted by atomic mass is 19.2. The molecule has 41 heavy (non-hydrogen) atoms. The molecule has 4 heterocycles. The fourth-order valence-corrected chi connectivity index (χ4v) is 4.77. The Labute approximate surface area is 234 Å². The number of nitrogens with zero attached hydrogens (tertiary/aromatic N) is 6. The number of halogens is 2. The molecule has 0 spiro atoms. The quantitative estimate of drug-likeness (QED) is 0.291. The number of imidazole rings is 1. The van der Waals surface area contributed by atoms with Crippen LogP contribution in [0.1, 0.15) is 11.3 Å². The molecule has 2 aromatic carbocycles. The SMILES string of the molecule is Cc1cn2c(-c3cnn(CC(=O)Nc4cccc(F)c4F)c3)cnc2c(Nc2ccc(CN3CCOCC3)cc2)n1. The molecule has 1 amide bonds. The van der Waals surface area contributed by atoms with Gasteiger partial charge in [0.15, 0.2) is 23.1 Å². The van der Waals surface area contributed by atoms with E-state index in [0.717, 1.165) is 61.6 Å². The lowest BCUT2D eigenvalue weighted by atomic mass is 10.2. The van der Waals surface area contributed by atoms with E-state index in [9.17, 15) is 13.6 Å². The highest BCUT2D eigenvalue weighted by Crippen LogP contribution is 2.26.